The highest BCUT2D eigenvalue weighted by Crippen LogP contribution is 2.32. The number of aryl methyl sites for hydroxylation is 1. The Kier molecular flexibility index (Phi) is 7.13. The van der Waals surface area contributed by atoms with Gasteiger partial charge in [-0.05, 0) is 49.7 Å². The van der Waals surface area contributed by atoms with Crippen LogP contribution in [0.15, 0.2) is 48.5 Å². The number of halogens is 2. The Morgan fingerprint density at radius 2 is 1.87 bits per heavy atom. The summed E-state index contributed by atoms with van der Waals surface area (Å²) in [6, 6.07) is 11.7. The van der Waals surface area contributed by atoms with E-state index in [2.05, 4.69) is 10.4 Å². The second-order valence-electron chi connectivity index (χ2n) is 6.63. The van der Waals surface area contributed by atoms with Crippen LogP contribution in [0.4, 0.5) is 8.78 Å². The molecule has 1 heterocycles. The van der Waals surface area contributed by atoms with Gasteiger partial charge in [-0.15, -0.1) is 0 Å². The summed E-state index contributed by atoms with van der Waals surface area (Å²) in [6.07, 6.45) is 0.545. The third-order valence-corrected chi connectivity index (χ3v) is 4.48. The molecule has 0 bridgehead atoms. The Hall–Kier alpha value is -3.26. The SMILES string of the molecule is COCCNC(=O)CCc1c(C)nn(-c2ccc(F)cc2)c1Oc1ccccc1F. The van der Waals surface area contributed by atoms with Crippen LogP contribution in [-0.2, 0) is 16.0 Å². The number of aromatic nitrogens is 2. The van der Waals surface area contributed by atoms with Gasteiger partial charge in [0, 0.05) is 25.6 Å². The van der Waals surface area contributed by atoms with E-state index in [0.717, 1.165) is 0 Å². The zero-order chi connectivity index (χ0) is 21.5. The van der Waals surface area contributed by atoms with Crippen LogP contribution in [0.1, 0.15) is 17.7 Å². The van der Waals surface area contributed by atoms with E-state index < -0.39 is 5.82 Å². The molecule has 0 spiro atoms. The molecule has 158 valence electrons. The summed E-state index contributed by atoms with van der Waals surface area (Å²) in [5, 5.41) is 7.25. The third kappa shape index (κ3) is 5.21. The minimum absolute atomic E-state index is 0.0338. The Labute approximate surface area is 173 Å². The lowest BCUT2D eigenvalue weighted by Gasteiger charge is -2.12. The van der Waals surface area contributed by atoms with E-state index in [4.69, 9.17) is 9.47 Å². The van der Waals surface area contributed by atoms with Crippen molar-refractivity contribution >= 4 is 5.91 Å². The van der Waals surface area contributed by atoms with Crippen LogP contribution in [-0.4, -0.2) is 35.9 Å². The Morgan fingerprint density at radius 3 is 2.57 bits per heavy atom. The Morgan fingerprint density at radius 1 is 1.13 bits per heavy atom. The van der Waals surface area contributed by atoms with Gasteiger partial charge in [-0.3, -0.25) is 4.79 Å². The quantitative estimate of drug-likeness (QED) is 0.538. The molecule has 0 aliphatic rings. The molecule has 1 aromatic heterocycles. The number of ether oxygens (including phenoxy) is 2. The fourth-order valence-electron chi connectivity index (χ4n) is 2.94. The minimum atomic E-state index is -0.523. The van der Waals surface area contributed by atoms with Crippen molar-refractivity contribution in [2.75, 3.05) is 20.3 Å². The van der Waals surface area contributed by atoms with Crippen molar-refractivity contribution in [3.63, 3.8) is 0 Å². The van der Waals surface area contributed by atoms with Crippen LogP contribution in [0.3, 0.4) is 0 Å². The van der Waals surface area contributed by atoms with Crippen LogP contribution in [0.2, 0.25) is 0 Å². The van der Waals surface area contributed by atoms with Gasteiger partial charge in [0.1, 0.15) is 5.82 Å². The first-order valence-electron chi connectivity index (χ1n) is 9.52. The van der Waals surface area contributed by atoms with Gasteiger partial charge in [-0.2, -0.15) is 5.10 Å². The molecule has 0 fully saturated rings. The predicted octanol–water partition coefficient (Wildman–Crippen LogP) is 3.95. The van der Waals surface area contributed by atoms with Gasteiger partial charge in [-0.25, -0.2) is 13.5 Å². The average Bonchev–Trinajstić information content (AvgIpc) is 3.04. The van der Waals surface area contributed by atoms with Crippen LogP contribution >= 0.6 is 0 Å². The van der Waals surface area contributed by atoms with Crippen LogP contribution < -0.4 is 10.1 Å². The highest BCUT2D eigenvalue weighted by molar-refractivity contribution is 5.76. The van der Waals surface area contributed by atoms with Crippen molar-refractivity contribution in [2.45, 2.75) is 19.8 Å². The first-order valence-corrected chi connectivity index (χ1v) is 9.52. The highest BCUT2D eigenvalue weighted by atomic mass is 19.1. The fraction of sp³-hybridized carbons (Fsp3) is 0.273. The smallest absolute Gasteiger partial charge is 0.226 e. The number of amides is 1. The molecule has 0 aliphatic carbocycles. The number of para-hydroxylation sites is 1. The molecule has 1 amide bonds. The summed E-state index contributed by atoms with van der Waals surface area (Å²) < 4.78 is 39.9. The highest BCUT2D eigenvalue weighted by Gasteiger charge is 2.21. The average molecular weight is 415 g/mol. The van der Waals surface area contributed by atoms with Crippen molar-refractivity contribution in [1.29, 1.82) is 0 Å². The van der Waals surface area contributed by atoms with E-state index in [-0.39, 0.29) is 29.8 Å². The molecule has 2 aromatic carbocycles. The molecule has 0 saturated carbocycles. The molecular weight excluding hydrogens is 392 g/mol. The van der Waals surface area contributed by atoms with Crippen molar-refractivity contribution in [3.05, 3.63) is 71.4 Å². The fourth-order valence-corrected chi connectivity index (χ4v) is 2.94. The zero-order valence-electron chi connectivity index (χ0n) is 16.8. The predicted molar refractivity (Wildman–Crippen MR) is 108 cm³/mol. The molecule has 0 aliphatic heterocycles. The second kappa shape index (κ2) is 9.98. The summed E-state index contributed by atoms with van der Waals surface area (Å²) >= 11 is 0. The molecule has 0 unspecified atom stereocenters. The molecule has 3 aromatic rings. The minimum Gasteiger partial charge on any atom is -0.436 e. The van der Waals surface area contributed by atoms with Crippen molar-refractivity contribution in [1.82, 2.24) is 15.1 Å². The maximum Gasteiger partial charge on any atom is 0.226 e. The molecule has 3 rings (SSSR count). The Balaban J connectivity index is 1.91. The third-order valence-electron chi connectivity index (χ3n) is 4.48. The molecular formula is C22H23F2N3O3. The summed E-state index contributed by atoms with van der Waals surface area (Å²) in [4.78, 5) is 12.1. The van der Waals surface area contributed by atoms with Gasteiger partial charge in [-0.1, -0.05) is 12.1 Å². The van der Waals surface area contributed by atoms with Gasteiger partial charge in [0.25, 0.3) is 0 Å². The maximum absolute atomic E-state index is 14.2. The number of benzene rings is 2. The van der Waals surface area contributed by atoms with Crippen molar-refractivity contribution < 1.29 is 23.0 Å². The van der Waals surface area contributed by atoms with Gasteiger partial charge in [0.05, 0.1) is 18.0 Å². The first-order chi connectivity index (χ1) is 14.5. The van der Waals surface area contributed by atoms with Gasteiger partial charge >= 0.3 is 0 Å². The number of methoxy groups -OCH3 is 1. The summed E-state index contributed by atoms with van der Waals surface area (Å²) in [5.41, 5.74) is 1.86. The van der Waals surface area contributed by atoms with Crippen LogP contribution in [0.5, 0.6) is 11.6 Å². The van der Waals surface area contributed by atoms with Gasteiger partial charge in [0.15, 0.2) is 11.6 Å². The van der Waals surface area contributed by atoms with Gasteiger partial charge < -0.3 is 14.8 Å². The number of carbonyl (C=O) groups excluding carboxylic acids is 1. The zero-order valence-corrected chi connectivity index (χ0v) is 16.8. The lowest BCUT2D eigenvalue weighted by Crippen LogP contribution is -2.27. The topological polar surface area (TPSA) is 65.4 Å². The lowest BCUT2D eigenvalue weighted by molar-refractivity contribution is -0.121. The number of rotatable bonds is 9. The number of hydrogen-bond donors (Lipinski definition) is 1. The number of nitrogens with one attached hydrogen (secondary N) is 1. The molecule has 6 nitrogen and oxygen atoms in total. The molecule has 0 saturated heterocycles. The number of hydrogen-bond acceptors (Lipinski definition) is 4. The Bertz CT molecular complexity index is 1000. The first kappa shape index (κ1) is 21.4. The lowest BCUT2D eigenvalue weighted by atomic mass is 10.1. The summed E-state index contributed by atoms with van der Waals surface area (Å²) in [6.45, 7) is 2.63. The normalized spacial score (nSPS) is 10.8. The van der Waals surface area contributed by atoms with Crippen LogP contribution in [0.25, 0.3) is 5.69 Å². The molecule has 0 radical (unpaired) electrons. The van der Waals surface area contributed by atoms with E-state index >= 15 is 0 Å². The van der Waals surface area contributed by atoms with E-state index in [1.54, 1.807) is 38.3 Å². The van der Waals surface area contributed by atoms with Crippen LogP contribution in [0, 0.1) is 18.6 Å². The molecule has 1 N–H and O–H groups in total. The maximum atomic E-state index is 14.2. The van der Waals surface area contributed by atoms with E-state index in [1.807, 2.05) is 0 Å². The van der Waals surface area contributed by atoms with Crippen molar-refractivity contribution in [3.8, 4) is 17.3 Å². The summed E-state index contributed by atoms with van der Waals surface area (Å²) in [5.74, 6) is -0.726. The standard InChI is InChI=1S/C22H23F2N3O3/c1-15-18(11-12-21(28)25-13-14-29-2)22(30-20-6-4-3-5-19(20)24)27(26-15)17-9-7-16(23)8-10-17/h3-10H,11-14H2,1-2H3,(H,25,28). The van der Waals surface area contributed by atoms with E-state index in [1.165, 1.54) is 28.9 Å². The van der Waals surface area contributed by atoms with E-state index in [0.29, 0.717) is 36.5 Å². The molecule has 30 heavy (non-hydrogen) atoms. The second-order valence-corrected chi connectivity index (χ2v) is 6.63. The monoisotopic (exact) mass is 415 g/mol. The number of carbonyl (C=O) groups is 1. The molecule has 0 atom stereocenters. The van der Waals surface area contributed by atoms with E-state index in [9.17, 15) is 13.6 Å². The largest absolute Gasteiger partial charge is 0.436 e. The van der Waals surface area contributed by atoms with Gasteiger partial charge in [0.2, 0.25) is 11.8 Å². The van der Waals surface area contributed by atoms with Crippen molar-refractivity contribution in [2.24, 2.45) is 0 Å². The summed E-state index contributed by atoms with van der Waals surface area (Å²) in [7, 11) is 1.56. The number of nitrogens with zero attached hydrogens (tertiary/aromatic N) is 2. The molecule has 8 heteroatoms.